The van der Waals surface area contributed by atoms with Crippen molar-refractivity contribution in [3.8, 4) is 0 Å². The number of nitrogens with zero attached hydrogens (tertiary/aromatic N) is 2. The van der Waals surface area contributed by atoms with Crippen molar-refractivity contribution in [2.24, 2.45) is 11.7 Å². The third-order valence-electron chi connectivity index (χ3n) is 3.93. The van der Waals surface area contributed by atoms with Crippen molar-refractivity contribution in [1.29, 1.82) is 0 Å². The second-order valence-electron chi connectivity index (χ2n) is 5.27. The molecule has 2 N–H and O–H groups in total. The van der Waals surface area contributed by atoms with Crippen LogP contribution in [0.4, 0.5) is 0 Å². The van der Waals surface area contributed by atoms with E-state index < -0.39 is 0 Å². The quantitative estimate of drug-likeness (QED) is 0.756. The van der Waals surface area contributed by atoms with Gasteiger partial charge in [-0.25, -0.2) is 0 Å². The lowest BCUT2D eigenvalue weighted by molar-refractivity contribution is 0.201. The zero-order chi connectivity index (χ0) is 11.6. The fourth-order valence-electron chi connectivity index (χ4n) is 2.60. The van der Waals surface area contributed by atoms with E-state index in [1.165, 1.54) is 13.1 Å². The number of hydrogen-bond donors (Lipinski definition) is 1. The molecule has 0 spiro atoms. The second kappa shape index (κ2) is 5.28. The fourth-order valence-corrected chi connectivity index (χ4v) is 2.60. The molecule has 4 atom stereocenters. The summed E-state index contributed by atoms with van der Waals surface area (Å²) < 4.78 is 0. The van der Waals surface area contributed by atoms with Gasteiger partial charge in [0.25, 0.3) is 0 Å². The fraction of sp³-hybridized carbons (Fsp3) is 1.00. The monoisotopic (exact) mass is 213 g/mol. The Morgan fingerprint density at radius 1 is 1.40 bits per heavy atom. The normalized spacial score (nSPS) is 32.2. The molecule has 1 saturated heterocycles. The summed E-state index contributed by atoms with van der Waals surface area (Å²) in [5.41, 5.74) is 6.11. The van der Waals surface area contributed by atoms with Gasteiger partial charge in [0.1, 0.15) is 0 Å². The van der Waals surface area contributed by atoms with Gasteiger partial charge in [-0.05, 0) is 33.4 Å². The Hall–Kier alpha value is -0.120. The predicted molar refractivity (Wildman–Crippen MR) is 65.9 cm³/mol. The zero-order valence-electron chi connectivity index (χ0n) is 10.9. The molecule has 0 aromatic carbocycles. The molecule has 4 unspecified atom stereocenters. The number of likely N-dealkylation sites (N-methyl/N-ethyl adjacent to an activating group) is 1. The molecule has 0 saturated carbocycles. The van der Waals surface area contributed by atoms with Crippen molar-refractivity contribution < 1.29 is 0 Å². The Morgan fingerprint density at radius 3 is 2.40 bits per heavy atom. The molecule has 1 fully saturated rings. The maximum atomic E-state index is 6.11. The molecule has 1 aliphatic rings. The molecule has 0 bridgehead atoms. The van der Waals surface area contributed by atoms with Gasteiger partial charge in [0.05, 0.1) is 0 Å². The van der Waals surface area contributed by atoms with E-state index in [9.17, 15) is 0 Å². The Kier molecular flexibility index (Phi) is 4.56. The number of likely N-dealkylation sites (tertiary alicyclic amines) is 1. The first-order chi connectivity index (χ1) is 6.97. The Labute approximate surface area is 94.6 Å². The van der Waals surface area contributed by atoms with E-state index in [-0.39, 0.29) is 0 Å². The molecular weight excluding hydrogens is 186 g/mol. The van der Waals surface area contributed by atoms with Gasteiger partial charge >= 0.3 is 0 Å². The van der Waals surface area contributed by atoms with Crippen LogP contribution in [0.2, 0.25) is 0 Å². The van der Waals surface area contributed by atoms with E-state index in [0.717, 1.165) is 12.3 Å². The van der Waals surface area contributed by atoms with Gasteiger partial charge in [-0.1, -0.05) is 13.8 Å². The summed E-state index contributed by atoms with van der Waals surface area (Å²) in [6.07, 6.45) is 1.07. The first-order valence-corrected chi connectivity index (χ1v) is 6.13. The molecular formula is C12H27N3. The lowest BCUT2D eigenvalue weighted by Gasteiger charge is -2.29. The van der Waals surface area contributed by atoms with Gasteiger partial charge in [-0.15, -0.1) is 0 Å². The maximum absolute atomic E-state index is 6.11. The van der Waals surface area contributed by atoms with Crippen molar-refractivity contribution in [3.63, 3.8) is 0 Å². The lowest BCUT2D eigenvalue weighted by Crippen LogP contribution is -2.45. The van der Waals surface area contributed by atoms with Crippen molar-refractivity contribution in [1.82, 2.24) is 9.80 Å². The van der Waals surface area contributed by atoms with Gasteiger partial charge < -0.3 is 10.6 Å². The number of nitrogens with two attached hydrogens (primary N) is 1. The molecule has 3 nitrogen and oxygen atoms in total. The van der Waals surface area contributed by atoms with Crippen LogP contribution in [0.5, 0.6) is 0 Å². The predicted octanol–water partition coefficient (Wildman–Crippen LogP) is 0.994. The first kappa shape index (κ1) is 12.9. The van der Waals surface area contributed by atoms with Gasteiger partial charge in [0.15, 0.2) is 0 Å². The summed E-state index contributed by atoms with van der Waals surface area (Å²) in [6.45, 7) is 9.14. The van der Waals surface area contributed by atoms with Gasteiger partial charge in [-0.3, -0.25) is 4.90 Å². The summed E-state index contributed by atoms with van der Waals surface area (Å²) >= 11 is 0. The molecule has 0 amide bonds. The summed E-state index contributed by atoms with van der Waals surface area (Å²) in [6, 6.07) is 1.53. The third-order valence-corrected chi connectivity index (χ3v) is 3.93. The summed E-state index contributed by atoms with van der Waals surface area (Å²) in [4.78, 5) is 4.89. The highest BCUT2D eigenvalue weighted by Gasteiger charge is 2.34. The first-order valence-electron chi connectivity index (χ1n) is 6.13. The highest BCUT2D eigenvalue weighted by molar-refractivity contribution is 4.91. The average Bonchev–Trinajstić information content (AvgIpc) is 2.58. The summed E-state index contributed by atoms with van der Waals surface area (Å²) in [5, 5.41) is 0. The van der Waals surface area contributed by atoms with Gasteiger partial charge in [0, 0.05) is 31.2 Å². The van der Waals surface area contributed by atoms with Crippen LogP contribution in [-0.4, -0.2) is 55.1 Å². The maximum Gasteiger partial charge on any atom is 0.0254 e. The Bertz CT molecular complexity index is 193. The van der Waals surface area contributed by atoms with Gasteiger partial charge in [0.2, 0.25) is 0 Å². The van der Waals surface area contributed by atoms with Crippen LogP contribution >= 0.6 is 0 Å². The van der Waals surface area contributed by atoms with E-state index in [1.807, 2.05) is 0 Å². The molecule has 1 aliphatic heterocycles. The largest absolute Gasteiger partial charge is 0.326 e. The van der Waals surface area contributed by atoms with Crippen molar-refractivity contribution in [3.05, 3.63) is 0 Å². The second-order valence-corrected chi connectivity index (χ2v) is 5.27. The minimum atomic E-state index is 0.318. The molecule has 0 aliphatic carbocycles. The average molecular weight is 213 g/mol. The molecule has 0 radical (unpaired) electrons. The molecule has 3 heteroatoms. The van der Waals surface area contributed by atoms with Crippen molar-refractivity contribution >= 4 is 0 Å². The van der Waals surface area contributed by atoms with Crippen LogP contribution in [0.1, 0.15) is 27.2 Å². The van der Waals surface area contributed by atoms with Crippen LogP contribution in [0.15, 0.2) is 0 Å². The van der Waals surface area contributed by atoms with Crippen LogP contribution in [0.25, 0.3) is 0 Å². The Morgan fingerprint density at radius 2 is 2.00 bits per heavy atom. The molecule has 1 heterocycles. The van der Waals surface area contributed by atoms with Crippen molar-refractivity contribution in [2.45, 2.75) is 45.3 Å². The minimum absolute atomic E-state index is 0.318. The van der Waals surface area contributed by atoms with Crippen LogP contribution in [-0.2, 0) is 0 Å². The summed E-state index contributed by atoms with van der Waals surface area (Å²) in [5.74, 6) is 0.756. The Balaban J connectivity index is 2.54. The van der Waals surface area contributed by atoms with E-state index in [0.29, 0.717) is 18.1 Å². The van der Waals surface area contributed by atoms with Crippen LogP contribution in [0.3, 0.4) is 0 Å². The minimum Gasteiger partial charge on any atom is -0.326 e. The van der Waals surface area contributed by atoms with Crippen LogP contribution < -0.4 is 5.73 Å². The van der Waals surface area contributed by atoms with Crippen LogP contribution in [0, 0.1) is 5.92 Å². The highest BCUT2D eigenvalue weighted by Crippen LogP contribution is 2.23. The van der Waals surface area contributed by atoms with Crippen molar-refractivity contribution in [2.75, 3.05) is 27.2 Å². The molecule has 1 rings (SSSR count). The third kappa shape index (κ3) is 2.92. The highest BCUT2D eigenvalue weighted by atomic mass is 15.3. The van der Waals surface area contributed by atoms with E-state index in [4.69, 9.17) is 5.73 Å². The standard InChI is InChI=1S/C12H27N3/c1-6-11(13)10(3)15-7-9(2)12(8-15)14(4)5/h9-12H,6-8,13H2,1-5H3. The summed E-state index contributed by atoms with van der Waals surface area (Å²) in [7, 11) is 4.35. The van der Waals surface area contributed by atoms with Gasteiger partial charge in [-0.2, -0.15) is 0 Å². The number of rotatable bonds is 4. The lowest BCUT2D eigenvalue weighted by atomic mass is 10.1. The van der Waals surface area contributed by atoms with E-state index in [2.05, 4.69) is 44.7 Å². The molecule has 0 aromatic heterocycles. The van der Waals surface area contributed by atoms with E-state index in [1.54, 1.807) is 0 Å². The smallest absolute Gasteiger partial charge is 0.0254 e. The SMILES string of the molecule is CCC(N)C(C)N1CC(C)C(N(C)C)C1. The molecule has 90 valence electrons. The number of hydrogen-bond acceptors (Lipinski definition) is 3. The van der Waals surface area contributed by atoms with E-state index >= 15 is 0 Å². The zero-order valence-corrected chi connectivity index (χ0v) is 10.9. The molecule has 0 aromatic rings. The topological polar surface area (TPSA) is 32.5 Å². The molecule has 15 heavy (non-hydrogen) atoms.